The maximum atomic E-state index is 12.4. The van der Waals surface area contributed by atoms with Crippen molar-refractivity contribution in [3.05, 3.63) is 0 Å². The van der Waals surface area contributed by atoms with Crippen LogP contribution in [-0.2, 0) is 9.59 Å². The van der Waals surface area contributed by atoms with E-state index in [0.29, 0.717) is 19.6 Å². The lowest BCUT2D eigenvalue weighted by atomic mass is 9.94. The topological polar surface area (TPSA) is 75.4 Å². The fraction of sp³-hybridized carbons (Fsp3) is 0.857. The number of nitrogens with one attached hydrogen (secondary N) is 1. The SMILES string of the molecule is CCNC(=O)C1CCN(C(=O)C2CCCC2N)CC1. The van der Waals surface area contributed by atoms with Gasteiger partial charge in [0.2, 0.25) is 11.8 Å². The molecule has 2 amide bonds. The molecule has 5 heteroatoms. The number of amides is 2. The van der Waals surface area contributed by atoms with Crippen LogP contribution in [0, 0.1) is 11.8 Å². The zero-order valence-corrected chi connectivity index (χ0v) is 11.7. The summed E-state index contributed by atoms with van der Waals surface area (Å²) in [7, 11) is 0. The van der Waals surface area contributed by atoms with Crippen molar-refractivity contribution in [3.8, 4) is 0 Å². The van der Waals surface area contributed by atoms with Crippen molar-refractivity contribution in [3.63, 3.8) is 0 Å². The second-order valence-electron chi connectivity index (χ2n) is 5.70. The molecule has 0 aromatic carbocycles. The predicted octanol–water partition coefficient (Wildman–Crippen LogP) is 0.489. The predicted molar refractivity (Wildman–Crippen MR) is 73.3 cm³/mol. The highest BCUT2D eigenvalue weighted by Crippen LogP contribution is 2.28. The normalized spacial score (nSPS) is 28.4. The third kappa shape index (κ3) is 3.26. The van der Waals surface area contributed by atoms with Crippen molar-refractivity contribution in [2.24, 2.45) is 17.6 Å². The van der Waals surface area contributed by atoms with E-state index in [9.17, 15) is 9.59 Å². The van der Waals surface area contributed by atoms with Gasteiger partial charge in [0.1, 0.15) is 0 Å². The van der Waals surface area contributed by atoms with Gasteiger partial charge < -0.3 is 16.0 Å². The molecular formula is C14H25N3O2. The number of hydrogen-bond acceptors (Lipinski definition) is 3. The molecule has 0 aromatic heterocycles. The molecule has 0 aromatic rings. The van der Waals surface area contributed by atoms with Gasteiger partial charge in [-0.25, -0.2) is 0 Å². The summed E-state index contributed by atoms with van der Waals surface area (Å²) in [5.74, 6) is 0.425. The standard InChI is InChI=1S/C14H25N3O2/c1-2-16-13(18)10-6-8-17(9-7-10)14(19)11-4-3-5-12(11)15/h10-12H,2-9,15H2,1H3,(H,16,18). The summed E-state index contributed by atoms with van der Waals surface area (Å²) in [4.78, 5) is 26.0. The average molecular weight is 267 g/mol. The maximum absolute atomic E-state index is 12.4. The number of rotatable bonds is 3. The minimum Gasteiger partial charge on any atom is -0.356 e. The first-order valence-corrected chi connectivity index (χ1v) is 7.45. The highest BCUT2D eigenvalue weighted by Gasteiger charge is 2.35. The Kier molecular flexibility index (Phi) is 4.80. The van der Waals surface area contributed by atoms with E-state index in [2.05, 4.69) is 5.32 Å². The van der Waals surface area contributed by atoms with Gasteiger partial charge >= 0.3 is 0 Å². The molecule has 2 rings (SSSR count). The number of likely N-dealkylation sites (tertiary alicyclic amines) is 1. The first-order chi connectivity index (χ1) is 9.13. The second kappa shape index (κ2) is 6.37. The molecule has 2 atom stereocenters. The van der Waals surface area contributed by atoms with Gasteiger partial charge in [0.05, 0.1) is 5.92 Å². The maximum Gasteiger partial charge on any atom is 0.227 e. The van der Waals surface area contributed by atoms with Gasteiger partial charge in [-0.2, -0.15) is 0 Å². The lowest BCUT2D eigenvalue weighted by Crippen LogP contribution is -2.47. The molecule has 0 bridgehead atoms. The Morgan fingerprint density at radius 1 is 1.21 bits per heavy atom. The molecule has 2 fully saturated rings. The summed E-state index contributed by atoms with van der Waals surface area (Å²) in [5.41, 5.74) is 5.99. The molecule has 2 aliphatic rings. The van der Waals surface area contributed by atoms with Crippen LogP contribution >= 0.6 is 0 Å². The van der Waals surface area contributed by atoms with Gasteiger partial charge in [-0.15, -0.1) is 0 Å². The van der Waals surface area contributed by atoms with Gasteiger partial charge in [0.15, 0.2) is 0 Å². The Morgan fingerprint density at radius 3 is 2.42 bits per heavy atom. The third-order valence-corrected chi connectivity index (χ3v) is 4.42. The summed E-state index contributed by atoms with van der Waals surface area (Å²) in [5, 5.41) is 2.86. The summed E-state index contributed by atoms with van der Waals surface area (Å²) in [6.45, 7) is 4.00. The van der Waals surface area contributed by atoms with Gasteiger partial charge in [-0.1, -0.05) is 6.42 Å². The number of piperidine rings is 1. The Morgan fingerprint density at radius 2 is 1.89 bits per heavy atom. The molecule has 108 valence electrons. The number of carbonyl (C=O) groups excluding carboxylic acids is 2. The Labute approximate surface area is 114 Å². The lowest BCUT2D eigenvalue weighted by Gasteiger charge is -2.33. The molecule has 1 heterocycles. The van der Waals surface area contributed by atoms with E-state index in [0.717, 1.165) is 32.1 Å². The number of nitrogens with two attached hydrogens (primary N) is 1. The molecule has 1 aliphatic heterocycles. The van der Waals surface area contributed by atoms with Crippen molar-refractivity contribution in [1.82, 2.24) is 10.2 Å². The fourth-order valence-electron chi connectivity index (χ4n) is 3.21. The first kappa shape index (κ1) is 14.3. The summed E-state index contributed by atoms with van der Waals surface area (Å²) in [6, 6.07) is 0.0358. The van der Waals surface area contributed by atoms with Crippen LogP contribution in [0.3, 0.4) is 0 Å². The minimum absolute atomic E-state index is 0.0148. The van der Waals surface area contributed by atoms with Crippen LogP contribution < -0.4 is 11.1 Å². The van der Waals surface area contributed by atoms with E-state index in [4.69, 9.17) is 5.73 Å². The van der Waals surface area contributed by atoms with E-state index in [1.807, 2.05) is 11.8 Å². The van der Waals surface area contributed by atoms with E-state index >= 15 is 0 Å². The minimum atomic E-state index is 0.0148. The van der Waals surface area contributed by atoms with Crippen LogP contribution in [0.5, 0.6) is 0 Å². The highest BCUT2D eigenvalue weighted by molar-refractivity contribution is 5.81. The molecule has 1 saturated carbocycles. The number of carbonyl (C=O) groups is 2. The summed E-state index contributed by atoms with van der Waals surface area (Å²) in [6.07, 6.45) is 4.51. The smallest absolute Gasteiger partial charge is 0.227 e. The van der Waals surface area contributed by atoms with Crippen LogP contribution in [0.4, 0.5) is 0 Å². The number of hydrogen-bond donors (Lipinski definition) is 2. The van der Waals surface area contributed by atoms with Gasteiger partial charge in [-0.3, -0.25) is 9.59 Å². The van der Waals surface area contributed by atoms with Gasteiger partial charge in [-0.05, 0) is 32.6 Å². The van der Waals surface area contributed by atoms with E-state index < -0.39 is 0 Å². The fourth-order valence-corrected chi connectivity index (χ4v) is 3.21. The Hall–Kier alpha value is -1.10. The summed E-state index contributed by atoms with van der Waals surface area (Å²) < 4.78 is 0. The molecule has 0 spiro atoms. The van der Waals surface area contributed by atoms with Gasteiger partial charge in [0.25, 0.3) is 0 Å². The monoisotopic (exact) mass is 267 g/mol. The molecule has 0 radical (unpaired) electrons. The van der Waals surface area contributed by atoms with E-state index in [1.165, 1.54) is 0 Å². The van der Waals surface area contributed by atoms with Crippen molar-refractivity contribution >= 4 is 11.8 Å². The zero-order chi connectivity index (χ0) is 13.8. The van der Waals surface area contributed by atoms with Crippen LogP contribution in [-0.4, -0.2) is 42.4 Å². The van der Waals surface area contributed by atoms with Crippen LogP contribution in [0.25, 0.3) is 0 Å². The van der Waals surface area contributed by atoms with Crippen molar-refractivity contribution < 1.29 is 9.59 Å². The van der Waals surface area contributed by atoms with Crippen LogP contribution in [0.15, 0.2) is 0 Å². The van der Waals surface area contributed by atoms with Crippen molar-refractivity contribution in [2.45, 2.75) is 45.1 Å². The molecule has 2 unspecified atom stereocenters. The second-order valence-corrected chi connectivity index (χ2v) is 5.70. The third-order valence-electron chi connectivity index (χ3n) is 4.42. The van der Waals surface area contributed by atoms with E-state index in [-0.39, 0.29) is 29.7 Å². The van der Waals surface area contributed by atoms with E-state index in [1.54, 1.807) is 0 Å². The highest BCUT2D eigenvalue weighted by atomic mass is 16.2. The quantitative estimate of drug-likeness (QED) is 0.781. The molecule has 5 nitrogen and oxygen atoms in total. The van der Waals surface area contributed by atoms with Crippen molar-refractivity contribution in [2.75, 3.05) is 19.6 Å². The molecule has 3 N–H and O–H groups in total. The Bertz CT molecular complexity index is 338. The van der Waals surface area contributed by atoms with Gasteiger partial charge in [0, 0.05) is 31.6 Å². The molecule has 19 heavy (non-hydrogen) atoms. The summed E-state index contributed by atoms with van der Waals surface area (Å²) >= 11 is 0. The molecular weight excluding hydrogens is 242 g/mol. The van der Waals surface area contributed by atoms with Crippen molar-refractivity contribution in [1.29, 1.82) is 0 Å². The first-order valence-electron chi connectivity index (χ1n) is 7.45. The van der Waals surface area contributed by atoms with Crippen LogP contribution in [0.2, 0.25) is 0 Å². The van der Waals surface area contributed by atoms with Crippen LogP contribution in [0.1, 0.15) is 39.0 Å². The Balaban J connectivity index is 1.82. The number of nitrogens with zero attached hydrogens (tertiary/aromatic N) is 1. The zero-order valence-electron chi connectivity index (χ0n) is 11.7. The lowest BCUT2D eigenvalue weighted by molar-refractivity contribution is -0.139. The molecule has 1 saturated heterocycles. The molecule has 1 aliphatic carbocycles. The largest absolute Gasteiger partial charge is 0.356 e. The average Bonchev–Trinajstić information content (AvgIpc) is 2.84.